The number of hydrogen-bond acceptors (Lipinski definition) is 9. The molecule has 0 bridgehead atoms. The van der Waals surface area contributed by atoms with E-state index in [-0.39, 0.29) is 23.2 Å². The standard InChI is InChI=1S/C16H20O9/c1-6-2-7-3-8(4-9(18)11(7)15(22)23-6)24-16-14(21)13(20)12(19)10(5-17)25-16/h3-4,6,10,12-14,16-21H,2,5H2,1H3/t6-,10-,12-,13+,14-,16-/m1/s1. The number of hydrogen-bond donors (Lipinski definition) is 5. The van der Waals surface area contributed by atoms with Crippen LogP contribution >= 0.6 is 0 Å². The number of esters is 1. The maximum atomic E-state index is 11.9. The topological polar surface area (TPSA) is 146 Å². The predicted molar refractivity (Wildman–Crippen MR) is 81.1 cm³/mol. The molecule has 0 radical (unpaired) electrons. The molecule has 2 aliphatic heterocycles. The molecule has 0 unspecified atom stereocenters. The minimum atomic E-state index is -1.57. The van der Waals surface area contributed by atoms with Crippen molar-refractivity contribution in [3.8, 4) is 11.5 Å². The van der Waals surface area contributed by atoms with Crippen LogP contribution in [0.2, 0.25) is 0 Å². The summed E-state index contributed by atoms with van der Waals surface area (Å²) in [5.74, 6) is -0.873. The Morgan fingerprint density at radius 1 is 1.20 bits per heavy atom. The van der Waals surface area contributed by atoms with Gasteiger partial charge in [0.25, 0.3) is 0 Å². The highest BCUT2D eigenvalue weighted by Gasteiger charge is 2.44. The molecule has 0 spiro atoms. The fourth-order valence-corrected chi connectivity index (χ4v) is 3.01. The van der Waals surface area contributed by atoms with Gasteiger partial charge in [-0.25, -0.2) is 4.79 Å². The van der Waals surface area contributed by atoms with Gasteiger partial charge in [0.05, 0.1) is 6.61 Å². The highest BCUT2D eigenvalue weighted by atomic mass is 16.7. The van der Waals surface area contributed by atoms with Crippen molar-refractivity contribution in [1.29, 1.82) is 0 Å². The van der Waals surface area contributed by atoms with E-state index < -0.39 is 43.3 Å². The van der Waals surface area contributed by atoms with Gasteiger partial charge in [-0.1, -0.05) is 0 Å². The van der Waals surface area contributed by atoms with Gasteiger partial charge in [0.1, 0.15) is 47.6 Å². The van der Waals surface area contributed by atoms with E-state index in [4.69, 9.17) is 14.2 Å². The molecule has 1 saturated heterocycles. The van der Waals surface area contributed by atoms with Crippen molar-refractivity contribution in [2.24, 2.45) is 0 Å². The van der Waals surface area contributed by atoms with Gasteiger partial charge in [-0.15, -0.1) is 0 Å². The van der Waals surface area contributed by atoms with Crippen LogP contribution in [0.5, 0.6) is 11.5 Å². The number of carbonyl (C=O) groups excluding carboxylic acids is 1. The monoisotopic (exact) mass is 356 g/mol. The number of aliphatic hydroxyl groups is 4. The average Bonchev–Trinajstić information content (AvgIpc) is 2.54. The van der Waals surface area contributed by atoms with E-state index in [2.05, 4.69) is 0 Å². The van der Waals surface area contributed by atoms with Crippen LogP contribution in [0.1, 0.15) is 22.8 Å². The van der Waals surface area contributed by atoms with Crippen molar-refractivity contribution >= 4 is 5.97 Å². The summed E-state index contributed by atoms with van der Waals surface area (Å²) in [7, 11) is 0. The van der Waals surface area contributed by atoms with E-state index in [9.17, 15) is 30.3 Å². The molecule has 138 valence electrons. The third-order valence-electron chi connectivity index (χ3n) is 4.29. The molecule has 0 saturated carbocycles. The number of phenolic OH excluding ortho intramolecular Hbond substituents is 1. The van der Waals surface area contributed by atoms with Gasteiger partial charge in [-0.2, -0.15) is 0 Å². The van der Waals surface area contributed by atoms with Crippen molar-refractivity contribution in [3.63, 3.8) is 0 Å². The van der Waals surface area contributed by atoms with Crippen molar-refractivity contribution in [2.45, 2.75) is 50.2 Å². The van der Waals surface area contributed by atoms with Gasteiger partial charge in [-0.05, 0) is 18.6 Å². The van der Waals surface area contributed by atoms with Crippen molar-refractivity contribution in [2.75, 3.05) is 6.61 Å². The Balaban J connectivity index is 1.84. The summed E-state index contributed by atoms with van der Waals surface area (Å²) in [6.07, 6.45) is -7.10. The number of rotatable bonds is 3. The second-order valence-electron chi connectivity index (χ2n) is 6.21. The number of phenols is 1. The molecule has 2 aliphatic rings. The Kier molecular flexibility index (Phi) is 4.85. The zero-order valence-corrected chi connectivity index (χ0v) is 13.4. The van der Waals surface area contributed by atoms with Crippen LogP contribution < -0.4 is 4.74 Å². The number of ether oxygens (including phenoxy) is 3. The minimum Gasteiger partial charge on any atom is -0.507 e. The lowest BCUT2D eigenvalue weighted by atomic mass is 9.97. The molecule has 0 aromatic heterocycles. The molecule has 2 heterocycles. The lowest BCUT2D eigenvalue weighted by Gasteiger charge is -2.39. The van der Waals surface area contributed by atoms with Crippen LogP contribution in [-0.2, 0) is 15.9 Å². The Morgan fingerprint density at radius 2 is 1.92 bits per heavy atom. The molecule has 1 aromatic rings. The van der Waals surface area contributed by atoms with Crippen LogP contribution in [0, 0.1) is 0 Å². The molecule has 0 aliphatic carbocycles. The molecule has 0 amide bonds. The number of fused-ring (bicyclic) bond motifs is 1. The summed E-state index contributed by atoms with van der Waals surface area (Å²) in [6.45, 7) is 1.13. The molecule has 5 N–H and O–H groups in total. The van der Waals surface area contributed by atoms with Crippen LogP contribution in [-0.4, -0.2) is 74.9 Å². The van der Waals surface area contributed by atoms with Crippen LogP contribution in [0.15, 0.2) is 12.1 Å². The van der Waals surface area contributed by atoms with Gasteiger partial charge >= 0.3 is 5.97 Å². The highest BCUT2D eigenvalue weighted by molar-refractivity contribution is 5.95. The first-order chi connectivity index (χ1) is 11.8. The predicted octanol–water partition coefficient (Wildman–Crippen LogP) is -1.33. The van der Waals surface area contributed by atoms with E-state index in [0.29, 0.717) is 12.0 Å². The largest absolute Gasteiger partial charge is 0.507 e. The number of carbonyl (C=O) groups is 1. The third-order valence-corrected chi connectivity index (χ3v) is 4.29. The molecular weight excluding hydrogens is 336 g/mol. The summed E-state index contributed by atoms with van der Waals surface area (Å²) in [5.41, 5.74) is 0.572. The normalized spacial score (nSPS) is 35.0. The Hall–Kier alpha value is -1.91. The summed E-state index contributed by atoms with van der Waals surface area (Å²) in [4.78, 5) is 11.9. The van der Waals surface area contributed by atoms with E-state index in [0.717, 1.165) is 6.07 Å². The summed E-state index contributed by atoms with van der Waals surface area (Å²) in [5, 5.41) is 48.8. The number of aromatic hydroxyl groups is 1. The molecule has 25 heavy (non-hydrogen) atoms. The average molecular weight is 356 g/mol. The maximum absolute atomic E-state index is 11.9. The fraction of sp³-hybridized carbons (Fsp3) is 0.562. The molecule has 1 aromatic carbocycles. The number of benzene rings is 1. The molecule has 9 nitrogen and oxygen atoms in total. The summed E-state index contributed by atoms with van der Waals surface area (Å²) in [6, 6.07) is 2.67. The minimum absolute atomic E-state index is 0.0549. The number of aliphatic hydroxyl groups excluding tert-OH is 4. The van der Waals surface area contributed by atoms with Gasteiger partial charge < -0.3 is 39.7 Å². The summed E-state index contributed by atoms with van der Waals surface area (Å²) < 4.78 is 15.8. The first-order valence-corrected chi connectivity index (χ1v) is 7.86. The van der Waals surface area contributed by atoms with Gasteiger partial charge in [0.2, 0.25) is 6.29 Å². The van der Waals surface area contributed by atoms with Gasteiger partial charge in [-0.3, -0.25) is 0 Å². The first-order valence-electron chi connectivity index (χ1n) is 7.86. The first kappa shape index (κ1) is 17.9. The van der Waals surface area contributed by atoms with Crippen molar-refractivity contribution < 1.29 is 44.5 Å². The third kappa shape index (κ3) is 3.29. The van der Waals surface area contributed by atoms with E-state index in [1.807, 2.05) is 0 Å². The van der Waals surface area contributed by atoms with Crippen LogP contribution in [0.3, 0.4) is 0 Å². The second-order valence-corrected chi connectivity index (χ2v) is 6.21. The quantitative estimate of drug-likeness (QED) is 0.416. The Bertz CT molecular complexity index is 659. The van der Waals surface area contributed by atoms with Crippen molar-refractivity contribution in [1.82, 2.24) is 0 Å². The Labute approximate surface area is 143 Å². The highest BCUT2D eigenvalue weighted by Crippen LogP contribution is 2.34. The van der Waals surface area contributed by atoms with Gasteiger partial charge in [0, 0.05) is 12.5 Å². The SMILES string of the molecule is C[C@@H]1Cc2cc(O[C@@H]3O[C@H](CO)[C@@H](O)[C@H](O)[C@H]3O)cc(O)c2C(=O)O1. The fourth-order valence-electron chi connectivity index (χ4n) is 3.01. The molecule has 6 atom stereocenters. The number of cyclic esters (lactones) is 1. The zero-order valence-electron chi connectivity index (χ0n) is 13.4. The van der Waals surface area contributed by atoms with E-state index in [1.165, 1.54) is 6.07 Å². The second kappa shape index (κ2) is 6.77. The van der Waals surface area contributed by atoms with Crippen molar-refractivity contribution in [3.05, 3.63) is 23.3 Å². The molecular formula is C16H20O9. The van der Waals surface area contributed by atoms with Crippen LogP contribution in [0.25, 0.3) is 0 Å². The van der Waals surface area contributed by atoms with E-state index in [1.54, 1.807) is 6.92 Å². The maximum Gasteiger partial charge on any atom is 0.342 e. The molecule has 1 fully saturated rings. The van der Waals surface area contributed by atoms with Crippen LogP contribution in [0.4, 0.5) is 0 Å². The van der Waals surface area contributed by atoms with E-state index >= 15 is 0 Å². The molecule has 9 heteroatoms. The lowest BCUT2D eigenvalue weighted by Crippen LogP contribution is -2.60. The zero-order chi connectivity index (χ0) is 18.3. The Morgan fingerprint density at radius 3 is 2.60 bits per heavy atom. The molecule has 3 rings (SSSR count). The lowest BCUT2D eigenvalue weighted by molar-refractivity contribution is -0.277. The summed E-state index contributed by atoms with van der Waals surface area (Å²) >= 11 is 0. The smallest absolute Gasteiger partial charge is 0.342 e. The van der Waals surface area contributed by atoms with Gasteiger partial charge in [0.15, 0.2) is 0 Å².